The molecule has 4 rings (SSSR count). The summed E-state index contributed by atoms with van der Waals surface area (Å²) >= 11 is 3.44. The molecule has 0 aliphatic heterocycles. The van der Waals surface area contributed by atoms with Gasteiger partial charge in [-0.25, -0.2) is 0 Å². The Balaban J connectivity index is 0.000000179. The van der Waals surface area contributed by atoms with E-state index < -0.39 is 8.07 Å². The van der Waals surface area contributed by atoms with Crippen molar-refractivity contribution < 1.29 is 0 Å². The molecule has 158 valence electrons. The van der Waals surface area contributed by atoms with E-state index in [2.05, 4.69) is 114 Å². The molecule has 0 spiro atoms. The summed E-state index contributed by atoms with van der Waals surface area (Å²) < 4.78 is 1.05. The Hall–Kier alpha value is -2.56. The summed E-state index contributed by atoms with van der Waals surface area (Å²) in [6, 6.07) is 24.8. The molecule has 0 bridgehead atoms. The summed E-state index contributed by atoms with van der Waals surface area (Å²) in [6.07, 6.45) is 3.92. The Kier molecular flexibility index (Phi) is 7.58. The maximum Gasteiger partial charge on any atom is 0.0799 e. The van der Waals surface area contributed by atoms with E-state index in [0.717, 1.165) is 21.4 Å². The number of aryl methyl sites for hydroxylation is 2. The molecular formula is C27H29BrN2Si. The van der Waals surface area contributed by atoms with Crippen molar-refractivity contribution in [1.82, 2.24) is 9.97 Å². The fourth-order valence-electron chi connectivity index (χ4n) is 3.41. The Morgan fingerprint density at radius 2 is 1.10 bits per heavy atom. The van der Waals surface area contributed by atoms with E-state index in [-0.39, 0.29) is 0 Å². The second kappa shape index (κ2) is 10.2. The van der Waals surface area contributed by atoms with Crippen LogP contribution in [0.15, 0.2) is 89.7 Å². The molecule has 0 unspecified atom stereocenters. The van der Waals surface area contributed by atoms with Crippen LogP contribution < -0.4 is 5.19 Å². The molecule has 0 fully saturated rings. The highest BCUT2D eigenvalue weighted by molar-refractivity contribution is 9.10. The number of benzene rings is 2. The number of rotatable bonds is 3. The molecule has 0 aliphatic carbocycles. The van der Waals surface area contributed by atoms with E-state index in [1.807, 2.05) is 30.5 Å². The average Bonchev–Trinajstić information content (AvgIpc) is 2.76. The topological polar surface area (TPSA) is 25.8 Å². The van der Waals surface area contributed by atoms with Crippen LogP contribution in [0.5, 0.6) is 0 Å². The van der Waals surface area contributed by atoms with E-state index in [1.165, 1.54) is 21.9 Å². The van der Waals surface area contributed by atoms with Gasteiger partial charge in [-0.15, -0.1) is 0 Å². The van der Waals surface area contributed by atoms with Gasteiger partial charge in [-0.2, -0.15) is 0 Å². The normalized spacial score (nSPS) is 10.9. The van der Waals surface area contributed by atoms with E-state index in [4.69, 9.17) is 0 Å². The van der Waals surface area contributed by atoms with Crippen molar-refractivity contribution in [3.05, 3.63) is 101 Å². The smallest absolute Gasteiger partial charge is 0.0799 e. The molecule has 0 radical (unpaired) electrons. The van der Waals surface area contributed by atoms with Crippen molar-refractivity contribution in [2.45, 2.75) is 33.5 Å². The van der Waals surface area contributed by atoms with Crippen molar-refractivity contribution in [3.8, 4) is 22.5 Å². The third-order valence-electron chi connectivity index (χ3n) is 5.10. The largest absolute Gasteiger partial charge is 0.256 e. The van der Waals surface area contributed by atoms with E-state index >= 15 is 0 Å². The monoisotopic (exact) mass is 488 g/mol. The molecule has 2 aromatic carbocycles. The van der Waals surface area contributed by atoms with Gasteiger partial charge in [-0.3, -0.25) is 9.97 Å². The maximum atomic E-state index is 4.61. The van der Waals surface area contributed by atoms with Crippen LogP contribution in [0.4, 0.5) is 0 Å². The van der Waals surface area contributed by atoms with Gasteiger partial charge in [-0.05, 0) is 58.2 Å². The molecule has 0 saturated carbocycles. The number of hydrogen-bond acceptors (Lipinski definition) is 2. The zero-order valence-corrected chi connectivity index (χ0v) is 21.4. The minimum atomic E-state index is -1.26. The Morgan fingerprint density at radius 1 is 0.645 bits per heavy atom. The second-order valence-corrected chi connectivity index (χ2v) is 14.6. The summed E-state index contributed by atoms with van der Waals surface area (Å²) in [7, 11) is -1.26. The van der Waals surface area contributed by atoms with Crippen LogP contribution in [-0.4, -0.2) is 18.0 Å². The number of halogens is 1. The fourth-order valence-corrected chi connectivity index (χ4v) is 5.34. The molecule has 0 amide bonds. The van der Waals surface area contributed by atoms with Crippen molar-refractivity contribution in [2.75, 3.05) is 0 Å². The molecule has 0 aliphatic rings. The molecule has 0 atom stereocenters. The van der Waals surface area contributed by atoms with Crippen LogP contribution in [-0.2, 0) is 0 Å². The molecule has 2 aromatic heterocycles. The first-order valence-corrected chi connectivity index (χ1v) is 14.7. The molecule has 0 N–H and O–H groups in total. The highest BCUT2D eigenvalue weighted by Crippen LogP contribution is 2.22. The first-order chi connectivity index (χ1) is 14.8. The average molecular weight is 490 g/mol. The SMILES string of the molecule is Cc1cc(-c2ccccc2)ncc1Br.Cc1cc(-c2ccccc2)ncc1[Si](C)(C)C. The molecule has 4 aromatic rings. The van der Waals surface area contributed by atoms with Gasteiger partial charge in [0.05, 0.1) is 19.5 Å². The van der Waals surface area contributed by atoms with Crippen LogP contribution in [0.1, 0.15) is 11.1 Å². The lowest BCUT2D eigenvalue weighted by Gasteiger charge is -2.19. The first-order valence-electron chi connectivity index (χ1n) is 10.5. The second-order valence-electron chi connectivity index (χ2n) is 8.69. The fraction of sp³-hybridized carbons (Fsp3) is 0.185. The predicted molar refractivity (Wildman–Crippen MR) is 139 cm³/mol. The minimum Gasteiger partial charge on any atom is -0.256 e. The number of nitrogens with zero attached hydrogens (tertiary/aromatic N) is 2. The molecule has 4 heteroatoms. The highest BCUT2D eigenvalue weighted by atomic mass is 79.9. The van der Waals surface area contributed by atoms with Gasteiger partial charge in [0.15, 0.2) is 0 Å². The van der Waals surface area contributed by atoms with Crippen molar-refractivity contribution in [1.29, 1.82) is 0 Å². The lowest BCUT2D eigenvalue weighted by molar-refractivity contribution is 1.26. The zero-order chi connectivity index (χ0) is 22.4. The van der Waals surface area contributed by atoms with Gasteiger partial charge in [0.25, 0.3) is 0 Å². The lowest BCUT2D eigenvalue weighted by atomic mass is 10.1. The quantitative estimate of drug-likeness (QED) is 0.280. The van der Waals surface area contributed by atoms with Crippen LogP contribution in [0.2, 0.25) is 19.6 Å². The standard InChI is InChI=1S/C15H19NSi.C12H10BrN/c1-12-10-14(13-8-6-5-7-9-13)16-11-15(12)17(2,3)4;1-9-7-12(14-8-11(9)13)10-5-3-2-4-6-10/h5-11H,1-4H3;2-8H,1H3. The predicted octanol–water partition coefficient (Wildman–Crippen LogP) is 7.42. The number of aromatic nitrogens is 2. The molecule has 2 heterocycles. The van der Waals surface area contributed by atoms with Gasteiger partial charge in [0, 0.05) is 28.0 Å². The Labute approximate surface area is 195 Å². The lowest BCUT2D eigenvalue weighted by Crippen LogP contribution is -2.39. The van der Waals surface area contributed by atoms with Crippen molar-refractivity contribution >= 4 is 29.2 Å². The van der Waals surface area contributed by atoms with Gasteiger partial charge >= 0.3 is 0 Å². The number of hydrogen-bond donors (Lipinski definition) is 0. The van der Waals surface area contributed by atoms with Gasteiger partial charge in [0.1, 0.15) is 0 Å². The first kappa shape index (κ1) is 23.1. The molecule has 31 heavy (non-hydrogen) atoms. The molecule has 2 nitrogen and oxygen atoms in total. The van der Waals surface area contributed by atoms with Crippen LogP contribution in [0, 0.1) is 13.8 Å². The summed E-state index contributed by atoms with van der Waals surface area (Å²) in [5.41, 5.74) is 7.02. The van der Waals surface area contributed by atoms with Gasteiger partial charge < -0.3 is 0 Å². The van der Waals surface area contributed by atoms with E-state index in [9.17, 15) is 0 Å². The Bertz CT molecular complexity index is 1140. The van der Waals surface area contributed by atoms with E-state index in [0.29, 0.717) is 0 Å². The van der Waals surface area contributed by atoms with Crippen LogP contribution in [0.3, 0.4) is 0 Å². The van der Waals surface area contributed by atoms with Crippen molar-refractivity contribution in [2.24, 2.45) is 0 Å². The van der Waals surface area contributed by atoms with Crippen LogP contribution >= 0.6 is 15.9 Å². The third kappa shape index (κ3) is 6.22. The van der Waals surface area contributed by atoms with Gasteiger partial charge in [0.2, 0.25) is 0 Å². The zero-order valence-electron chi connectivity index (χ0n) is 18.9. The molecular weight excluding hydrogens is 460 g/mol. The summed E-state index contributed by atoms with van der Waals surface area (Å²) in [5, 5.41) is 1.46. The number of pyridine rings is 2. The summed E-state index contributed by atoms with van der Waals surface area (Å²) in [4.78, 5) is 8.97. The third-order valence-corrected chi connectivity index (χ3v) is 8.07. The summed E-state index contributed by atoms with van der Waals surface area (Å²) in [5.74, 6) is 0. The highest BCUT2D eigenvalue weighted by Gasteiger charge is 2.19. The minimum absolute atomic E-state index is 1.02. The van der Waals surface area contributed by atoms with Gasteiger partial charge in [-0.1, -0.05) is 80.3 Å². The maximum absolute atomic E-state index is 4.61. The van der Waals surface area contributed by atoms with Crippen LogP contribution in [0.25, 0.3) is 22.5 Å². The Morgan fingerprint density at radius 3 is 1.52 bits per heavy atom. The van der Waals surface area contributed by atoms with Crippen molar-refractivity contribution in [3.63, 3.8) is 0 Å². The summed E-state index contributed by atoms with van der Waals surface area (Å²) in [6.45, 7) is 11.3. The molecule has 0 saturated heterocycles. The van der Waals surface area contributed by atoms with E-state index in [1.54, 1.807) is 0 Å².